The van der Waals surface area contributed by atoms with Crippen LogP contribution in [0, 0.1) is 6.92 Å². The molecule has 0 spiro atoms. The summed E-state index contributed by atoms with van der Waals surface area (Å²) in [7, 11) is 0. The van der Waals surface area contributed by atoms with E-state index in [1.165, 1.54) is 0 Å². The summed E-state index contributed by atoms with van der Waals surface area (Å²) in [6.45, 7) is 1.85. The van der Waals surface area contributed by atoms with Crippen LogP contribution in [0.15, 0.2) is 24.3 Å². The van der Waals surface area contributed by atoms with Gasteiger partial charge in [0.15, 0.2) is 0 Å². The third-order valence-electron chi connectivity index (χ3n) is 1.39. The zero-order chi connectivity index (χ0) is 11.8. The Morgan fingerprint density at radius 1 is 1.27 bits per heavy atom. The number of para-hydroxylation sites is 1. The molecule has 0 saturated heterocycles. The Kier molecular flexibility index (Phi) is 5.32. The van der Waals surface area contributed by atoms with Crippen LogP contribution in [0.2, 0.25) is 0 Å². The molecule has 0 heterocycles. The number of carbonyl (C=O) groups is 2. The van der Waals surface area contributed by atoms with E-state index in [1.54, 1.807) is 12.1 Å². The monoisotopic (exact) mass is 212 g/mol. The van der Waals surface area contributed by atoms with E-state index in [9.17, 15) is 4.79 Å². The summed E-state index contributed by atoms with van der Waals surface area (Å²) < 4.78 is 0. The predicted octanol–water partition coefficient (Wildman–Crippen LogP) is 1.71. The van der Waals surface area contributed by atoms with Gasteiger partial charge in [0.25, 0.3) is 0 Å². The maximum absolute atomic E-state index is 10.2. The van der Waals surface area contributed by atoms with Crippen molar-refractivity contribution in [3.63, 3.8) is 0 Å². The number of nitrogens with one attached hydrogen (secondary N) is 1. The average molecular weight is 212 g/mol. The molecule has 2 amide bonds. The van der Waals surface area contributed by atoms with Crippen molar-refractivity contribution in [1.82, 2.24) is 0 Å². The summed E-state index contributed by atoms with van der Waals surface area (Å²) in [4.78, 5) is 19.0. The topological polar surface area (TPSA) is 113 Å². The first-order chi connectivity index (χ1) is 6.93. The molecule has 82 valence electrons. The molecule has 0 saturated carbocycles. The zero-order valence-corrected chi connectivity index (χ0v) is 8.10. The lowest BCUT2D eigenvalue weighted by Crippen LogP contribution is -2.07. The molecule has 1 aromatic rings. The van der Waals surface area contributed by atoms with Crippen molar-refractivity contribution in [2.24, 2.45) is 5.73 Å². The van der Waals surface area contributed by atoms with E-state index < -0.39 is 12.2 Å². The molecule has 5 N–H and O–H groups in total. The lowest BCUT2D eigenvalue weighted by Gasteiger charge is -2.02. The number of anilines is 1. The highest BCUT2D eigenvalue weighted by Gasteiger charge is 1.98. The fraction of sp³-hybridized carbons (Fsp3) is 0.111. The van der Waals surface area contributed by atoms with Gasteiger partial charge in [-0.2, -0.15) is 0 Å². The number of hydrogen-bond donors (Lipinski definition) is 4. The minimum Gasteiger partial charge on any atom is -0.465 e. The van der Waals surface area contributed by atoms with Crippen molar-refractivity contribution in [2.75, 3.05) is 5.32 Å². The van der Waals surface area contributed by atoms with Crippen LogP contribution in [-0.4, -0.2) is 22.4 Å². The minimum absolute atomic E-state index is 0.639. The Hall–Kier alpha value is -2.24. The van der Waals surface area contributed by atoms with Crippen molar-refractivity contribution < 1.29 is 19.8 Å². The van der Waals surface area contributed by atoms with Crippen LogP contribution in [0.3, 0.4) is 0 Å². The third-order valence-corrected chi connectivity index (χ3v) is 1.39. The fourth-order valence-electron chi connectivity index (χ4n) is 0.828. The summed E-state index contributed by atoms with van der Waals surface area (Å²) >= 11 is 0. The molecule has 0 aliphatic heterocycles. The number of primary amides is 1. The SMILES string of the molecule is Cc1ccccc1NC(=O)O.NC(=O)O. The van der Waals surface area contributed by atoms with Crippen LogP contribution >= 0.6 is 0 Å². The zero-order valence-electron chi connectivity index (χ0n) is 8.10. The molecule has 0 bridgehead atoms. The molecular formula is C9H12N2O4. The molecule has 0 unspecified atom stereocenters. The van der Waals surface area contributed by atoms with Gasteiger partial charge in [-0.05, 0) is 18.6 Å². The number of rotatable bonds is 1. The highest BCUT2D eigenvalue weighted by molar-refractivity contribution is 5.83. The van der Waals surface area contributed by atoms with E-state index in [0.717, 1.165) is 5.56 Å². The summed E-state index contributed by atoms with van der Waals surface area (Å²) in [5.41, 5.74) is 5.59. The quantitative estimate of drug-likeness (QED) is 0.567. The number of nitrogens with two attached hydrogens (primary N) is 1. The standard InChI is InChI=1S/C8H9NO2.CH3NO2/c1-6-4-2-3-5-7(6)9-8(10)11;2-1(3)4/h2-5,9H,1H3,(H,10,11);2H2,(H,3,4). The van der Waals surface area contributed by atoms with E-state index in [2.05, 4.69) is 11.1 Å². The van der Waals surface area contributed by atoms with Crippen molar-refractivity contribution in [1.29, 1.82) is 0 Å². The maximum atomic E-state index is 10.2. The number of amides is 2. The summed E-state index contributed by atoms with van der Waals surface area (Å²) in [6.07, 6.45) is -2.36. The van der Waals surface area contributed by atoms with Crippen molar-refractivity contribution in [2.45, 2.75) is 6.92 Å². The summed E-state index contributed by atoms with van der Waals surface area (Å²) in [6, 6.07) is 7.23. The molecular weight excluding hydrogens is 200 g/mol. The highest BCUT2D eigenvalue weighted by Crippen LogP contribution is 2.12. The normalized spacial score (nSPS) is 8.33. The van der Waals surface area contributed by atoms with Crippen molar-refractivity contribution >= 4 is 17.9 Å². The van der Waals surface area contributed by atoms with E-state index in [0.29, 0.717) is 5.69 Å². The molecule has 0 fully saturated rings. The number of hydrogen-bond acceptors (Lipinski definition) is 2. The van der Waals surface area contributed by atoms with Gasteiger partial charge >= 0.3 is 12.2 Å². The number of aryl methyl sites for hydroxylation is 1. The number of carboxylic acid groups (broad SMARTS) is 2. The van der Waals surface area contributed by atoms with Crippen LogP contribution in [0.4, 0.5) is 15.3 Å². The van der Waals surface area contributed by atoms with Gasteiger partial charge in [0.2, 0.25) is 0 Å². The maximum Gasteiger partial charge on any atom is 0.409 e. The molecule has 0 atom stereocenters. The molecule has 15 heavy (non-hydrogen) atoms. The number of benzene rings is 1. The largest absolute Gasteiger partial charge is 0.465 e. The van der Waals surface area contributed by atoms with E-state index >= 15 is 0 Å². The molecule has 0 radical (unpaired) electrons. The Bertz CT molecular complexity index is 348. The first-order valence-corrected chi connectivity index (χ1v) is 3.97. The van der Waals surface area contributed by atoms with Gasteiger partial charge < -0.3 is 15.9 Å². The lowest BCUT2D eigenvalue weighted by molar-refractivity contribution is 0.205. The molecule has 6 nitrogen and oxygen atoms in total. The van der Waals surface area contributed by atoms with Gasteiger partial charge in [-0.15, -0.1) is 0 Å². The molecule has 1 aromatic carbocycles. The lowest BCUT2D eigenvalue weighted by atomic mass is 10.2. The predicted molar refractivity (Wildman–Crippen MR) is 55.0 cm³/mol. The van der Waals surface area contributed by atoms with E-state index in [-0.39, 0.29) is 0 Å². The van der Waals surface area contributed by atoms with Gasteiger partial charge in [0.05, 0.1) is 0 Å². The van der Waals surface area contributed by atoms with Crippen LogP contribution in [0.1, 0.15) is 5.56 Å². The van der Waals surface area contributed by atoms with E-state index in [1.807, 2.05) is 19.1 Å². The smallest absolute Gasteiger partial charge is 0.409 e. The summed E-state index contributed by atoms with van der Waals surface area (Å²) in [5, 5.41) is 17.9. The highest BCUT2D eigenvalue weighted by atomic mass is 16.4. The third kappa shape index (κ3) is 6.88. The van der Waals surface area contributed by atoms with Crippen LogP contribution in [-0.2, 0) is 0 Å². The summed E-state index contributed by atoms with van der Waals surface area (Å²) in [5.74, 6) is 0. The van der Waals surface area contributed by atoms with Gasteiger partial charge in [-0.3, -0.25) is 5.32 Å². The first kappa shape index (κ1) is 12.8. The Morgan fingerprint density at radius 3 is 2.13 bits per heavy atom. The van der Waals surface area contributed by atoms with Crippen LogP contribution in [0.25, 0.3) is 0 Å². The second kappa shape index (κ2) is 6.25. The second-order valence-electron chi connectivity index (χ2n) is 2.58. The van der Waals surface area contributed by atoms with Gasteiger partial charge in [-0.25, -0.2) is 9.59 Å². The Balaban J connectivity index is 0.000000423. The minimum atomic E-state index is -1.33. The molecule has 0 aliphatic carbocycles. The first-order valence-electron chi connectivity index (χ1n) is 3.97. The fourth-order valence-corrected chi connectivity index (χ4v) is 0.828. The van der Waals surface area contributed by atoms with Gasteiger partial charge in [0, 0.05) is 5.69 Å². The molecule has 6 heteroatoms. The molecule has 1 rings (SSSR count). The van der Waals surface area contributed by atoms with Gasteiger partial charge in [0.1, 0.15) is 0 Å². The molecule has 0 aliphatic rings. The second-order valence-corrected chi connectivity index (χ2v) is 2.58. The van der Waals surface area contributed by atoms with Crippen molar-refractivity contribution in [3.05, 3.63) is 29.8 Å². The average Bonchev–Trinajstić information content (AvgIpc) is 2.07. The Morgan fingerprint density at radius 2 is 1.73 bits per heavy atom. The van der Waals surface area contributed by atoms with Gasteiger partial charge in [-0.1, -0.05) is 18.2 Å². The van der Waals surface area contributed by atoms with Crippen molar-refractivity contribution in [3.8, 4) is 0 Å². The Labute approximate surface area is 86.3 Å². The van der Waals surface area contributed by atoms with Crippen LogP contribution < -0.4 is 11.1 Å². The van der Waals surface area contributed by atoms with Crippen LogP contribution in [0.5, 0.6) is 0 Å². The molecule has 0 aromatic heterocycles. The van der Waals surface area contributed by atoms with E-state index in [4.69, 9.17) is 15.0 Å².